The van der Waals surface area contributed by atoms with E-state index in [0.717, 1.165) is 0 Å². The van der Waals surface area contributed by atoms with Crippen LogP contribution in [0.15, 0.2) is 24.4 Å². The molecule has 94 valence electrons. The highest BCUT2D eigenvalue weighted by molar-refractivity contribution is 5.88. The Kier molecular flexibility index (Phi) is 3.32. The van der Waals surface area contributed by atoms with E-state index in [1.807, 2.05) is 0 Å². The topological polar surface area (TPSA) is 68.7 Å². The van der Waals surface area contributed by atoms with Crippen LogP contribution in [0.5, 0.6) is 11.5 Å². The van der Waals surface area contributed by atoms with Gasteiger partial charge in [0.2, 0.25) is 0 Å². The summed E-state index contributed by atoms with van der Waals surface area (Å²) in [5, 5.41) is 10.3. The smallest absolute Gasteiger partial charge is 0.310 e. The molecule has 0 aliphatic heterocycles. The highest BCUT2D eigenvalue weighted by Crippen LogP contribution is 2.30. The molecule has 18 heavy (non-hydrogen) atoms. The van der Waals surface area contributed by atoms with Crippen LogP contribution in [0.1, 0.15) is 5.56 Å². The van der Waals surface area contributed by atoms with Crippen molar-refractivity contribution >= 4 is 16.9 Å². The molecule has 1 N–H and O–H groups in total. The molecule has 1 aromatic carbocycles. The molecule has 0 aliphatic rings. The molecule has 5 nitrogen and oxygen atoms in total. The lowest BCUT2D eigenvalue weighted by Crippen LogP contribution is -2.06. The Morgan fingerprint density at radius 1 is 1.39 bits per heavy atom. The summed E-state index contributed by atoms with van der Waals surface area (Å²) in [6.07, 6.45) is 1.60. The highest BCUT2D eigenvalue weighted by Gasteiger charge is 2.12. The Hall–Kier alpha value is -2.30. The summed E-state index contributed by atoms with van der Waals surface area (Å²) in [5.41, 5.74) is 1.26. The number of hydrogen-bond donors (Lipinski definition) is 1. The lowest BCUT2D eigenvalue weighted by Gasteiger charge is -2.09. The van der Waals surface area contributed by atoms with Crippen molar-refractivity contribution in [1.82, 2.24) is 4.98 Å². The maximum absolute atomic E-state index is 11.3. The summed E-state index contributed by atoms with van der Waals surface area (Å²) in [5.74, 6) is 0.302. The Morgan fingerprint density at radius 2 is 2.17 bits per heavy atom. The highest BCUT2D eigenvalue weighted by atomic mass is 16.5. The lowest BCUT2D eigenvalue weighted by molar-refractivity contribution is -0.139. The van der Waals surface area contributed by atoms with Gasteiger partial charge in [0.05, 0.1) is 26.2 Å². The molecule has 0 unspecified atom stereocenters. The van der Waals surface area contributed by atoms with Crippen LogP contribution in [0.4, 0.5) is 0 Å². The van der Waals surface area contributed by atoms with E-state index >= 15 is 0 Å². The normalized spacial score (nSPS) is 10.3. The van der Waals surface area contributed by atoms with Crippen LogP contribution >= 0.6 is 0 Å². The number of hydrogen-bond acceptors (Lipinski definition) is 5. The first-order valence-electron chi connectivity index (χ1n) is 5.37. The molecular weight excluding hydrogens is 234 g/mol. The molecule has 5 heteroatoms. The molecule has 0 atom stereocenters. The molecule has 0 saturated carbocycles. The summed E-state index contributed by atoms with van der Waals surface area (Å²) >= 11 is 0. The van der Waals surface area contributed by atoms with Gasteiger partial charge in [0.25, 0.3) is 0 Å². The zero-order valence-corrected chi connectivity index (χ0v) is 10.1. The van der Waals surface area contributed by atoms with Crippen molar-refractivity contribution in [3.8, 4) is 11.5 Å². The SMILES string of the molecule is COC(=O)Cc1cc2c(O)ccnc2cc1OC. The summed E-state index contributed by atoms with van der Waals surface area (Å²) in [4.78, 5) is 15.4. The van der Waals surface area contributed by atoms with Gasteiger partial charge in [0, 0.05) is 23.2 Å². The average Bonchev–Trinajstić information content (AvgIpc) is 2.39. The first kappa shape index (κ1) is 12.2. The zero-order chi connectivity index (χ0) is 13.1. The summed E-state index contributed by atoms with van der Waals surface area (Å²) < 4.78 is 9.83. The molecular formula is C13H13NO4. The summed E-state index contributed by atoms with van der Waals surface area (Å²) in [6, 6.07) is 4.87. The van der Waals surface area contributed by atoms with Gasteiger partial charge in [0.15, 0.2) is 0 Å². The van der Waals surface area contributed by atoms with Crippen molar-refractivity contribution in [2.45, 2.75) is 6.42 Å². The van der Waals surface area contributed by atoms with Crippen molar-refractivity contribution in [2.75, 3.05) is 14.2 Å². The largest absolute Gasteiger partial charge is 0.507 e. The monoisotopic (exact) mass is 247 g/mol. The molecule has 2 rings (SSSR count). The third kappa shape index (κ3) is 2.20. The van der Waals surface area contributed by atoms with Crippen LogP contribution < -0.4 is 4.74 Å². The summed E-state index contributed by atoms with van der Waals surface area (Å²) in [7, 11) is 2.85. The van der Waals surface area contributed by atoms with Crippen LogP contribution in [-0.2, 0) is 16.0 Å². The second kappa shape index (κ2) is 4.91. The number of aromatic nitrogens is 1. The number of nitrogens with zero attached hydrogens (tertiary/aromatic N) is 1. The van der Waals surface area contributed by atoms with Crippen LogP contribution in [0.25, 0.3) is 10.9 Å². The van der Waals surface area contributed by atoms with Gasteiger partial charge >= 0.3 is 5.97 Å². The molecule has 0 aliphatic carbocycles. The number of aromatic hydroxyl groups is 1. The van der Waals surface area contributed by atoms with Crippen molar-refractivity contribution in [1.29, 1.82) is 0 Å². The number of pyridine rings is 1. The lowest BCUT2D eigenvalue weighted by atomic mass is 10.1. The van der Waals surface area contributed by atoms with Crippen molar-refractivity contribution in [3.63, 3.8) is 0 Å². The Balaban J connectivity index is 2.57. The second-order valence-corrected chi connectivity index (χ2v) is 3.76. The maximum Gasteiger partial charge on any atom is 0.310 e. The van der Waals surface area contributed by atoms with E-state index in [4.69, 9.17) is 4.74 Å². The molecule has 2 aromatic rings. The predicted octanol–water partition coefficient (Wildman–Crippen LogP) is 1.66. The number of esters is 1. The van der Waals surface area contributed by atoms with Gasteiger partial charge < -0.3 is 14.6 Å². The molecule has 0 amide bonds. The Morgan fingerprint density at radius 3 is 2.83 bits per heavy atom. The molecule has 0 spiro atoms. The molecule has 0 bridgehead atoms. The minimum absolute atomic E-state index is 0.0872. The van der Waals surface area contributed by atoms with Gasteiger partial charge in [-0.3, -0.25) is 9.78 Å². The van der Waals surface area contributed by atoms with Crippen molar-refractivity contribution < 1.29 is 19.4 Å². The van der Waals surface area contributed by atoms with Gasteiger partial charge in [-0.25, -0.2) is 0 Å². The van der Waals surface area contributed by atoms with Gasteiger partial charge in [-0.1, -0.05) is 0 Å². The van der Waals surface area contributed by atoms with Gasteiger partial charge in [-0.05, 0) is 12.1 Å². The van der Waals surface area contributed by atoms with E-state index in [1.54, 1.807) is 12.1 Å². The first-order chi connectivity index (χ1) is 8.65. The molecule has 0 saturated heterocycles. The van der Waals surface area contributed by atoms with Crippen molar-refractivity contribution in [2.24, 2.45) is 0 Å². The van der Waals surface area contributed by atoms with Crippen LogP contribution in [0.3, 0.4) is 0 Å². The molecule has 1 aromatic heterocycles. The first-order valence-corrected chi connectivity index (χ1v) is 5.37. The number of carbonyl (C=O) groups is 1. The zero-order valence-electron chi connectivity index (χ0n) is 10.1. The standard InChI is InChI=1S/C13H13NO4/c1-17-12-7-10-9(11(15)3-4-14-10)5-8(12)6-13(16)18-2/h3-5,7H,6H2,1-2H3,(H,14,15). The number of rotatable bonds is 3. The third-order valence-electron chi connectivity index (χ3n) is 2.68. The number of fused-ring (bicyclic) bond motifs is 1. The van der Waals surface area contributed by atoms with E-state index in [-0.39, 0.29) is 18.1 Å². The van der Waals surface area contributed by atoms with Crippen LogP contribution in [-0.4, -0.2) is 30.3 Å². The van der Waals surface area contributed by atoms with Gasteiger partial charge in [-0.15, -0.1) is 0 Å². The van der Waals surface area contributed by atoms with Gasteiger partial charge in [-0.2, -0.15) is 0 Å². The predicted molar refractivity (Wildman–Crippen MR) is 65.7 cm³/mol. The third-order valence-corrected chi connectivity index (χ3v) is 2.68. The number of carbonyl (C=O) groups excluding carboxylic acids is 1. The van der Waals surface area contributed by atoms with Crippen LogP contribution in [0, 0.1) is 0 Å². The Labute approximate surface area is 104 Å². The van der Waals surface area contributed by atoms with Crippen molar-refractivity contribution in [3.05, 3.63) is 30.0 Å². The van der Waals surface area contributed by atoms with Gasteiger partial charge in [0.1, 0.15) is 11.5 Å². The number of ether oxygens (including phenoxy) is 2. The van der Waals surface area contributed by atoms with E-state index in [1.165, 1.54) is 26.5 Å². The van der Waals surface area contributed by atoms with E-state index in [9.17, 15) is 9.90 Å². The fourth-order valence-corrected chi connectivity index (χ4v) is 1.76. The van der Waals surface area contributed by atoms with E-state index < -0.39 is 0 Å². The number of benzene rings is 1. The van der Waals surface area contributed by atoms with E-state index in [0.29, 0.717) is 22.2 Å². The fourth-order valence-electron chi connectivity index (χ4n) is 1.76. The molecule has 0 fully saturated rings. The number of methoxy groups -OCH3 is 2. The minimum Gasteiger partial charge on any atom is -0.507 e. The van der Waals surface area contributed by atoms with Crippen LogP contribution in [0.2, 0.25) is 0 Å². The molecule has 1 heterocycles. The Bertz CT molecular complexity index is 595. The average molecular weight is 247 g/mol. The maximum atomic E-state index is 11.3. The molecule has 0 radical (unpaired) electrons. The second-order valence-electron chi connectivity index (χ2n) is 3.76. The fraction of sp³-hybridized carbons (Fsp3) is 0.231. The summed E-state index contributed by atoms with van der Waals surface area (Å²) in [6.45, 7) is 0. The van der Waals surface area contributed by atoms with E-state index in [2.05, 4.69) is 9.72 Å². The minimum atomic E-state index is -0.365. The quantitative estimate of drug-likeness (QED) is 0.835.